The first-order valence-corrected chi connectivity index (χ1v) is 6.14. The van der Waals surface area contributed by atoms with Gasteiger partial charge in [-0.05, 0) is 43.4 Å². The zero-order valence-corrected chi connectivity index (χ0v) is 10.0. The minimum atomic E-state index is -0.0120. The van der Waals surface area contributed by atoms with Crippen LogP contribution in [0.3, 0.4) is 0 Å². The van der Waals surface area contributed by atoms with Crippen LogP contribution in [0, 0.1) is 0 Å². The first kappa shape index (κ1) is 10.5. The van der Waals surface area contributed by atoms with Gasteiger partial charge in [0, 0.05) is 17.9 Å². The van der Waals surface area contributed by atoms with Crippen molar-refractivity contribution in [2.75, 3.05) is 0 Å². The van der Waals surface area contributed by atoms with E-state index in [1.807, 2.05) is 24.0 Å². The topological polar surface area (TPSA) is 43.8 Å². The van der Waals surface area contributed by atoms with Crippen LogP contribution in [0.15, 0.2) is 36.8 Å². The van der Waals surface area contributed by atoms with Gasteiger partial charge in [0.15, 0.2) is 0 Å². The predicted octanol–water partition coefficient (Wildman–Crippen LogP) is 2.77. The highest BCUT2D eigenvalue weighted by atomic mass is 15.0. The van der Waals surface area contributed by atoms with Crippen molar-refractivity contribution in [2.45, 2.75) is 31.7 Å². The number of nitrogens with zero attached hydrogens (tertiary/aromatic N) is 2. The summed E-state index contributed by atoms with van der Waals surface area (Å²) in [4.78, 5) is 4.30. The van der Waals surface area contributed by atoms with Crippen LogP contribution in [0.5, 0.6) is 0 Å². The van der Waals surface area contributed by atoms with E-state index in [2.05, 4.69) is 29.2 Å². The zero-order valence-electron chi connectivity index (χ0n) is 10.0. The Morgan fingerprint density at radius 3 is 2.53 bits per heavy atom. The van der Waals surface area contributed by atoms with E-state index in [1.54, 1.807) is 0 Å². The molecule has 88 valence electrons. The smallest absolute Gasteiger partial charge is 0.0995 e. The van der Waals surface area contributed by atoms with Gasteiger partial charge in [0.2, 0.25) is 0 Å². The van der Waals surface area contributed by atoms with Crippen molar-refractivity contribution >= 4 is 0 Å². The molecule has 1 fully saturated rings. The number of hydrogen-bond acceptors (Lipinski definition) is 2. The average Bonchev–Trinajstić information content (AvgIpc) is 3.06. The fourth-order valence-corrected chi connectivity index (χ4v) is 2.05. The molecule has 0 amide bonds. The monoisotopic (exact) mass is 227 g/mol. The SMILES string of the molecule is C[C@H](N)c1cn(-c2ccc(C3CC3)cc2)cn1. The molecule has 1 aliphatic rings. The van der Waals surface area contributed by atoms with Crippen molar-refractivity contribution in [1.82, 2.24) is 9.55 Å². The molecule has 0 bridgehead atoms. The molecule has 1 saturated carbocycles. The molecule has 1 aliphatic carbocycles. The normalized spacial score (nSPS) is 17.1. The third kappa shape index (κ3) is 2.11. The lowest BCUT2D eigenvalue weighted by molar-refractivity contribution is 0.788. The minimum absolute atomic E-state index is 0.0120. The van der Waals surface area contributed by atoms with E-state index >= 15 is 0 Å². The Bertz CT molecular complexity index is 507. The van der Waals surface area contributed by atoms with Crippen molar-refractivity contribution in [3.63, 3.8) is 0 Å². The Labute approximate surface area is 101 Å². The van der Waals surface area contributed by atoms with Crippen LogP contribution in [0.4, 0.5) is 0 Å². The van der Waals surface area contributed by atoms with Crippen LogP contribution in [0.2, 0.25) is 0 Å². The first-order chi connectivity index (χ1) is 8.24. The van der Waals surface area contributed by atoms with Gasteiger partial charge in [-0.3, -0.25) is 0 Å². The van der Waals surface area contributed by atoms with Gasteiger partial charge in [-0.2, -0.15) is 0 Å². The van der Waals surface area contributed by atoms with Crippen molar-refractivity contribution in [3.8, 4) is 5.69 Å². The lowest BCUT2D eigenvalue weighted by Gasteiger charge is -2.04. The van der Waals surface area contributed by atoms with Gasteiger partial charge in [-0.1, -0.05) is 12.1 Å². The van der Waals surface area contributed by atoms with Crippen molar-refractivity contribution < 1.29 is 0 Å². The number of benzene rings is 1. The molecule has 3 nitrogen and oxygen atoms in total. The maximum absolute atomic E-state index is 5.80. The Kier molecular flexibility index (Phi) is 2.48. The molecule has 2 aromatic rings. The minimum Gasteiger partial charge on any atom is -0.323 e. The van der Waals surface area contributed by atoms with Crippen molar-refractivity contribution in [2.24, 2.45) is 5.73 Å². The van der Waals surface area contributed by atoms with E-state index < -0.39 is 0 Å². The van der Waals surface area contributed by atoms with Crippen LogP contribution >= 0.6 is 0 Å². The van der Waals surface area contributed by atoms with Gasteiger partial charge in [-0.25, -0.2) is 4.98 Å². The molecule has 3 rings (SSSR count). The summed E-state index contributed by atoms with van der Waals surface area (Å²) in [6.07, 6.45) is 6.51. The number of nitrogens with two attached hydrogens (primary N) is 1. The fourth-order valence-electron chi connectivity index (χ4n) is 2.05. The zero-order chi connectivity index (χ0) is 11.8. The Hall–Kier alpha value is -1.61. The number of imidazole rings is 1. The van der Waals surface area contributed by atoms with Gasteiger partial charge in [0.1, 0.15) is 0 Å². The van der Waals surface area contributed by atoms with Gasteiger partial charge in [0.05, 0.1) is 12.0 Å². The maximum Gasteiger partial charge on any atom is 0.0995 e. The van der Waals surface area contributed by atoms with Crippen LogP contribution in [-0.4, -0.2) is 9.55 Å². The van der Waals surface area contributed by atoms with Crippen molar-refractivity contribution in [3.05, 3.63) is 48.0 Å². The lowest BCUT2D eigenvalue weighted by atomic mass is 10.1. The highest BCUT2D eigenvalue weighted by Crippen LogP contribution is 2.40. The third-order valence-corrected chi connectivity index (χ3v) is 3.31. The number of aromatic nitrogens is 2. The largest absolute Gasteiger partial charge is 0.323 e. The van der Waals surface area contributed by atoms with E-state index in [0.29, 0.717) is 0 Å². The summed E-state index contributed by atoms with van der Waals surface area (Å²) in [5, 5.41) is 0. The van der Waals surface area contributed by atoms with Gasteiger partial charge >= 0.3 is 0 Å². The average molecular weight is 227 g/mol. The second-order valence-electron chi connectivity index (χ2n) is 4.86. The highest BCUT2D eigenvalue weighted by Gasteiger charge is 2.22. The maximum atomic E-state index is 5.80. The van der Waals surface area contributed by atoms with Gasteiger partial charge < -0.3 is 10.3 Å². The summed E-state index contributed by atoms with van der Waals surface area (Å²) in [7, 11) is 0. The van der Waals surface area contributed by atoms with Crippen molar-refractivity contribution in [1.29, 1.82) is 0 Å². The van der Waals surface area contributed by atoms with E-state index in [9.17, 15) is 0 Å². The van der Waals surface area contributed by atoms with Crippen LogP contribution in [0.1, 0.15) is 43.0 Å². The molecule has 3 heteroatoms. The standard InChI is InChI=1S/C14H17N3/c1-10(15)14-8-17(9-16-14)13-6-4-12(5-7-13)11-2-3-11/h4-11H,2-3,15H2,1H3/t10-/m0/s1. The van der Waals surface area contributed by atoms with E-state index in [4.69, 9.17) is 5.73 Å². The van der Waals surface area contributed by atoms with Crippen LogP contribution < -0.4 is 5.73 Å². The third-order valence-electron chi connectivity index (χ3n) is 3.31. The molecule has 1 heterocycles. The van der Waals surface area contributed by atoms with E-state index in [-0.39, 0.29) is 6.04 Å². The molecular weight excluding hydrogens is 210 g/mol. The summed E-state index contributed by atoms with van der Waals surface area (Å²) >= 11 is 0. The van der Waals surface area contributed by atoms with Gasteiger partial charge in [-0.15, -0.1) is 0 Å². The quantitative estimate of drug-likeness (QED) is 0.876. The number of hydrogen-bond donors (Lipinski definition) is 1. The summed E-state index contributed by atoms with van der Waals surface area (Å²) in [6.45, 7) is 1.95. The van der Waals surface area contributed by atoms with Crippen LogP contribution in [0.25, 0.3) is 5.69 Å². The molecule has 1 aromatic carbocycles. The molecule has 17 heavy (non-hydrogen) atoms. The Morgan fingerprint density at radius 2 is 2.00 bits per heavy atom. The Balaban J connectivity index is 1.86. The molecule has 0 radical (unpaired) electrons. The lowest BCUT2D eigenvalue weighted by Crippen LogP contribution is -2.04. The van der Waals surface area contributed by atoms with E-state index in [1.165, 1.54) is 18.4 Å². The molecule has 1 atom stereocenters. The molecule has 0 aliphatic heterocycles. The first-order valence-electron chi connectivity index (χ1n) is 6.14. The Morgan fingerprint density at radius 1 is 1.29 bits per heavy atom. The molecule has 0 saturated heterocycles. The summed E-state index contributed by atoms with van der Waals surface area (Å²) < 4.78 is 2.02. The molecule has 1 aromatic heterocycles. The van der Waals surface area contributed by atoms with E-state index in [0.717, 1.165) is 17.3 Å². The predicted molar refractivity (Wildman–Crippen MR) is 68.1 cm³/mol. The summed E-state index contributed by atoms with van der Waals surface area (Å²) in [5.74, 6) is 0.812. The van der Waals surface area contributed by atoms with Gasteiger partial charge in [0.25, 0.3) is 0 Å². The van der Waals surface area contributed by atoms with Crippen LogP contribution in [-0.2, 0) is 0 Å². The molecule has 0 unspecified atom stereocenters. The summed E-state index contributed by atoms with van der Waals surface area (Å²) in [5.41, 5.74) is 9.34. The highest BCUT2D eigenvalue weighted by molar-refractivity contribution is 5.37. The summed E-state index contributed by atoms with van der Waals surface area (Å²) in [6, 6.07) is 8.74. The molecule has 2 N–H and O–H groups in total. The second kappa shape index (κ2) is 4.00. The second-order valence-corrected chi connectivity index (χ2v) is 4.86. The molecule has 0 spiro atoms. The molecular formula is C14H17N3. The fraction of sp³-hybridized carbons (Fsp3) is 0.357. The number of rotatable bonds is 3.